The third-order valence-corrected chi connectivity index (χ3v) is 5.86. The quantitative estimate of drug-likeness (QED) is 0.130. The Balaban J connectivity index is 2.11. The lowest BCUT2D eigenvalue weighted by Gasteiger charge is -2.30. The van der Waals surface area contributed by atoms with E-state index in [1.165, 1.54) is 16.7 Å². The van der Waals surface area contributed by atoms with Crippen molar-refractivity contribution in [2.75, 3.05) is 26.2 Å². The Bertz CT molecular complexity index is 848. The summed E-state index contributed by atoms with van der Waals surface area (Å²) < 4.78 is 0. The van der Waals surface area contributed by atoms with Crippen molar-refractivity contribution in [2.45, 2.75) is 52.5 Å². The van der Waals surface area contributed by atoms with Crippen LogP contribution in [0.25, 0.3) is 0 Å². The van der Waals surface area contributed by atoms with Crippen LogP contribution in [0.2, 0.25) is 0 Å². The number of rotatable bonds is 10. The molecule has 1 fully saturated rings. The minimum Gasteiger partial charge on any atom is -0.352 e. The number of hydrogen-bond acceptors (Lipinski definition) is 4. The highest BCUT2D eigenvalue weighted by Gasteiger charge is 2.20. The summed E-state index contributed by atoms with van der Waals surface area (Å²) in [5.74, 6) is 9.50. The van der Waals surface area contributed by atoms with Gasteiger partial charge < -0.3 is 15.6 Å². The maximum atomic E-state index is 6.00. The van der Waals surface area contributed by atoms with Crippen molar-refractivity contribution < 1.29 is 0 Å². The van der Waals surface area contributed by atoms with Gasteiger partial charge in [0.15, 0.2) is 0 Å². The summed E-state index contributed by atoms with van der Waals surface area (Å²) in [7, 11) is 0. The first-order valence-corrected chi connectivity index (χ1v) is 11.6. The number of nitrogens with zero attached hydrogens (tertiary/aromatic N) is 2. The second-order valence-corrected chi connectivity index (χ2v) is 8.11. The number of allylic oxidation sites excluding steroid dienone is 2. The summed E-state index contributed by atoms with van der Waals surface area (Å²) in [6.45, 7) is 9.93. The van der Waals surface area contributed by atoms with Crippen molar-refractivity contribution in [2.24, 2.45) is 10.8 Å². The van der Waals surface area contributed by atoms with Crippen LogP contribution < -0.4 is 16.6 Å². The maximum Gasteiger partial charge on any atom is 0.147 e. The van der Waals surface area contributed by atoms with E-state index in [1.54, 1.807) is 0 Å². The zero-order valence-corrected chi connectivity index (χ0v) is 19.9. The summed E-state index contributed by atoms with van der Waals surface area (Å²) in [6, 6.07) is 10.4. The molecule has 0 aromatic heterocycles. The van der Waals surface area contributed by atoms with Gasteiger partial charge in [0, 0.05) is 19.6 Å². The molecular weight excluding hydrogens is 394 g/mol. The monoisotopic (exact) mass is 433 g/mol. The van der Waals surface area contributed by atoms with Gasteiger partial charge in [0.2, 0.25) is 0 Å². The molecule has 1 aliphatic rings. The second-order valence-electron chi connectivity index (χ2n) is 8.11. The molecule has 1 heterocycles. The largest absolute Gasteiger partial charge is 0.352 e. The number of likely N-dealkylation sites (tertiary alicyclic amines) is 1. The van der Waals surface area contributed by atoms with Gasteiger partial charge in [-0.2, -0.15) is 0 Å². The number of hydrogen-bond donors (Lipinski definition) is 3. The van der Waals surface area contributed by atoms with Gasteiger partial charge in [0.05, 0.1) is 12.2 Å². The molecule has 4 N–H and O–H groups in total. The number of nitrogens with one attached hydrogen (secondary N) is 2. The molecule has 1 unspecified atom stereocenters. The molecule has 5 nitrogen and oxygen atoms in total. The van der Waals surface area contributed by atoms with Crippen LogP contribution in [0.15, 0.2) is 70.4 Å². The number of piperidine rings is 1. The van der Waals surface area contributed by atoms with Gasteiger partial charge >= 0.3 is 0 Å². The molecule has 1 aromatic carbocycles. The van der Waals surface area contributed by atoms with Gasteiger partial charge in [0.25, 0.3) is 0 Å². The van der Waals surface area contributed by atoms with E-state index >= 15 is 0 Å². The highest BCUT2D eigenvalue weighted by Crippen LogP contribution is 2.20. The first-order valence-electron chi connectivity index (χ1n) is 11.6. The molecule has 0 radical (unpaired) electrons. The molecule has 1 saturated heterocycles. The molecule has 1 atom stereocenters. The van der Waals surface area contributed by atoms with Crippen LogP contribution >= 0.6 is 0 Å². The predicted octanol–water partition coefficient (Wildman–Crippen LogP) is 3.96. The van der Waals surface area contributed by atoms with Crippen molar-refractivity contribution in [3.63, 3.8) is 0 Å². The third kappa shape index (κ3) is 8.37. The molecule has 0 amide bonds. The lowest BCUT2D eigenvalue weighted by Crippen LogP contribution is -2.42. The Kier molecular flexibility index (Phi) is 11.4. The van der Waals surface area contributed by atoms with Gasteiger partial charge in [-0.15, -0.1) is 6.42 Å². The summed E-state index contributed by atoms with van der Waals surface area (Å²) in [4.78, 5) is 7.33. The highest BCUT2D eigenvalue weighted by molar-refractivity contribution is 5.99. The molecular formula is C27H39N5. The fourth-order valence-electron chi connectivity index (χ4n) is 3.69. The molecule has 0 saturated carbocycles. The van der Waals surface area contributed by atoms with Crippen molar-refractivity contribution >= 4 is 5.84 Å². The number of aliphatic imine (C=N–C) groups is 1. The molecule has 0 aliphatic carbocycles. The summed E-state index contributed by atoms with van der Waals surface area (Å²) >= 11 is 0. The number of amidine groups is 1. The third-order valence-electron chi connectivity index (χ3n) is 5.86. The van der Waals surface area contributed by atoms with Crippen LogP contribution in [-0.4, -0.2) is 43.0 Å². The van der Waals surface area contributed by atoms with Crippen LogP contribution in [0, 0.1) is 12.3 Å². The van der Waals surface area contributed by atoms with Gasteiger partial charge in [-0.1, -0.05) is 67.0 Å². The number of hydrazine groups is 1. The molecule has 2 rings (SSSR count). The first kappa shape index (κ1) is 25.5. The maximum absolute atomic E-state index is 6.00. The van der Waals surface area contributed by atoms with Crippen molar-refractivity contribution in [1.82, 2.24) is 15.6 Å². The number of benzene rings is 1. The average molecular weight is 434 g/mol. The zero-order valence-electron chi connectivity index (χ0n) is 19.9. The van der Waals surface area contributed by atoms with Gasteiger partial charge in [0.1, 0.15) is 11.9 Å². The van der Waals surface area contributed by atoms with Crippen LogP contribution in [0.5, 0.6) is 0 Å². The normalized spacial score (nSPS) is 16.7. The Morgan fingerprint density at radius 2 is 2.00 bits per heavy atom. The van der Waals surface area contributed by atoms with Crippen molar-refractivity contribution in [1.29, 1.82) is 0 Å². The molecule has 172 valence electrons. The molecule has 0 bridgehead atoms. The van der Waals surface area contributed by atoms with E-state index < -0.39 is 0 Å². The summed E-state index contributed by atoms with van der Waals surface area (Å²) in [5, 5.41) is 3.39. The van der Waals surface area contributed by atoms with Crippen molar-refractivity contribution in [3.05, 3.63) is 71.0 Å². The predicted molar refractivity (Wildman–Crippen MR) is 137 cm³/mol. The molecule has 1 aromatic rings. The molecule has 0 spiro atoms. The zero-order chi connectivity index (χ0) is 23.2. The number of nitrogens with two attached hydrogens (primary N) is 1. The Labute approximate surface area is 194 Å². The van der Waals surface area contributed by atoms with Crippen LogP contribution in [-0.2, 0) is 6.42 Å². The number of terminal acetylenes is 1. The molecule has 5 heteroatoms. The smallest absolute Gasteiger partial charge is 0.147 e. The van der Waals surface area contributed by atoms with Gasteiger partial charge in [-0.3, -0.25) is 10.8 Å². The lowest BCUT2D eigenvalue weighted by molar-refractivity contribution is 0.258. The SMILES string of the molecule is C#CC(/C=C/C)NC(=NC/C=C(/C)CC)C(NN)=C1CCN(CCc2ccccc2)CC1. The van der Waals surface area contributed by atoms with Gasteiger partial charge in [-0.25, -0.2) is 0 Å². The minimum absolute atomic E-state index is 0.232. The fraction of sp³-hybridized carbons (Fsp3) is 0.444. The summed E-state index contributed by atoms with van der Waals surface area (Å²) in [6.07, 6.45) is 15.8. The van der Waals surface area contributed by atoms with Crippen LogP contribution in [0.3, 0.4) is 0 Å². The molecule has 1 aliphatic heterocycles. The van der Waals surface area contributed by atoms with Crippen LogP contribution in [0.4, 0.5) is 0 Å². The second kappa shape index (κ2) is 14.3. The van der Waals surface area contributed by atoms with E-state index in [-0.39, 0.29) is 6.04 Å². The van der Waals surface area contributed by atoms with Gasteiger partial charge in [-0.05, 0) is 50.7 Å². The van der Waals surface area contributed by atoms with E-state index in [4.69, 9.17) is 17.3 Å². The van der Waals surface area contributed by atoms with E-state index in [0.29, 0.717) is 6.54 Å². The Hall–Kier alpha value is -2.81. The standard InChI is InChI=1S/C27H39N5/c1-5-11-25(7-3)30-27(29-18-14-22(4)6-2)26(31-28)24-16-20-32(21-17-24)19-15-23-12-9-8-10-13-23/h3,5,8-14,25,31H,6,15-21,28H2,1-2,4H3,(H,29,30)/b11-5+,22-14-. The Morgan fingerprint density at radius 3 is 2.59 bits per heavy atom. The molecule has 32 heavy (non-hydrogen) atoms. The first-order chi connectivity index (χ1) is 15.6. The van der Waals surface area contributed by atoms with Crippen LogP contribution in [0.1, 0.15) is 45.6 Å². The van der Waals surface area contributed by atoms with E-state index in [0.717, 1.165) is 56.9 Å². The average Bonchev–Trinajstić information content (AvgIpc) is 2.83. The fourth-order valence-corrected chi connectivity index (χ4v) is 3.69. The van der Waals surface area contributed by atoms with E-state index in [1.807, 2.05) is 19.1 Å². The summed E-state index contributed by atoms with van der Waals surface area (Å²) in [5.41, 5.74) is 7.79. The van der Waals surface area contributed by atoms with E-state index in [2.05, 4.69) is 71.8 Å². The topological polar surface area (TPSA) is 65.7 Å². The minimum atomic E-state index is -0.232. The Morgan fingerprint density at radius 1 is 1.28 bits per heavy atom. The van der Waals surface area contributed by atoms with E-state index in [9.17, 15) is 0 Å². The lowest BCUT2D eigenvalue weighted by atomic mass is 10.00. The highest BCUT2D eigenvalue weighted by atomic mass is 15.2. The van der Waals surface area contributed by atoms with Crippen molar-refractivity contribution in [3.8, 4) is 12.3 Å².